The van der Waals surface area contributed by atoms with Crippen molar-refractivity contribution in [2.45, 2.75) is 25.1 Å². The van der Waals surface area contributed by atoms with Crippen LogP contribution in [-0.2, 0) is 0 Å². The van der Waals surface area contributed by atoms with Crippen LogP contribution in [0.3, 0.4) is 0 Å². The van der Waals surface area contributed by atoms with Gasteiger partial charge >= 0.3 is 0 Å². The first-order valence-electron chi connectivity index (χ1n) is 7.98. The van der Waals surface area contributed by atoms with Crippen LogP contribution in [-0.4, -0.2) is 43.8 Å². The molecule has 7 heteroatoms. The highest BCUT2D eigenvalue weighted by Gasteiger charge is 2.14. The molecular weight excluding hydrogens is 336 g/mol. The average molecular weight is 356 g/mol. The van der Waals surface area contributed by atoms with Gasteiger partial charge in [0.15, 0.2) is 0 Å². The molecule has 3 rings (SSSR count). The van der Waals surface area contributed by atoms with Gasteiger partial charge < -0.3 is 9.84 Å². The van der Waals surface area contributed by atoms with E-state index >= 15 is 0 Å². The van der Waals surface area contributed by atoms with E-state index in [1.54, 1.807) is 4.68 Å². The lowest BCUT2D eigenvalue weighted by Crippen LogP contribution is -2.20. The third-order valence-electron chi connectivity index (χ3n) is 3.61. The van der Waals surface area contributed by atoms with Crippen LogP contribution in [0.25, 0.3) is 5.69 Å². The summed E-state index contributed by atoms with van der Waals surface area (Å²) in [7, 11) is 0. The van der Waals surface area contributed by atoms with Crippen molar-refractivity contribution in [1.29, 1.82) is 0 Å². The zero-order chi connectivity index (χ0) is 17.6. The van der Waals surface area contributed by atoms with Gasteiger partial charge in [0.05, 0.1) is 11.8 Å². The zero-order valence-electron chi connectivity index (χ0n) is 14.2. The third-order valence-corrected chi connectivity index (χ3v) is 4.68. The molecule has 0 unspecified atom stereocenters. The van der Waals surface area contributed by atoms with E-state index in [-0.39, 0.29) is 6.61 Å². The van der Waals surface area contributed by atoms with Gasteiger partial charge in [0.1, 0.15) is 12.4 Å². The smallest absolute Gasteiger partial charge is 0.214 e. The summed E-state index contributed by atoms with van der Waals surface area (Å²) in [5, 5.41) is 22.7. The average Bonchev–Trinajstić information content (AvgIpc) is 3.07. The number of rotatable bonds is 7. The Bertz CT molecular complexity index is 823. The molecule has 0 radical (unpaired) electrons. The number of aliphatic hydroxyl groups excluding tert-OH is 1. The number of nitrogens with zero attached hydrogens (tertiary/aromatic N) is 4. The second-order valence-electron chi connectivity index (χ2n) is 5.75. The number of para-hydroxylation sites is 1. The van der Waals surface area contributed by atoms with Gasteiger partial charge in [-0.25, -0.2) is 0 Å². The van der Waals surface area contributed by atoms with Gasteiger partial charge in [-0.1, -0.05) is 47.7 Å². The summed E-state index contributed by atoms with van der Waals surface area (Å²) < 4.78 is 7.26. The Morgan fingerprint density at radius 2 is 1.96 bits per heavy atom. The molecule has 0 aliphatic carbocycles. The molecule has 1 atom stereocenters. The standard InChI is InChI=1S/C18H20N4O2S/c1-13-8-9-17(14(2)10-13)22-18(19-20-21-22)25-12-15(23)11-24-16-6-4-3-5-7-16/h3-10,15,23H,11-12H2,1-2H3/t15-/m1/s1. The van der Waals surface area contributed by atoms with Crippen molar-refractivity contribution in [2.24, 2.45) is 0 Å². The minimum Gasteiger partial charge on any atom is -0.491 e. The lowest BCUT2D eigenvalue weighted by atomic mass is 10.1. The summed E-state index contributed by atoms with van der Waals surface area (Å²) in [5.41, 5.74) is 3.23. The Balaban J connectivity index is 1.60. The highest BCUT2D eigenvalue weighted by atomic mass is 32.2. The first kappa shape index (κ1) is 17.4. The molecule has 0 saturated carbocycles. The second kappa shape index (κ2) is 8.13. The molecule has 1 aromatic heterocycles. The molecule has 0 aliphatic rings. The summed E-state index contributed by atoms with van der Waals surface area (Å²) in [6.45, 7) is 4.30. The van der Waals surface area contributed by atoms with Crippen molar-refractivity contribution in [3.05, 3.63) is 59.7 Å². The maximum atomic E-state index is 10.1. The molecule has 25 heavy (non-hydrogen) atoms. The Hall–Kier alpha value is -2.38. The minimum absolute atomic E-state index is 0.224. The maximum absolute atomic E-state index is 10.1. The highest BCUT2D eigenvalue weighted by molar-refractivity contribution is 7.99. The Kier molecular flexibility index (Phi) is 5.67. The fraction of sp³-hybridized carbons (Fsp3) is 0.278. The van der Waals surface area contributed by atoms with Crippen LogP contribution in [0.15, 0.2) is 53.7 Å². The van der Waals surface area contributed by atoms with E-state index in [1.807, 2.05) is 49.4 Å². The largest absolute Gasteiger partial charge is 0.491 e. The van der Waals surface area contributed by atoms with Crippen molar-refractivity contribution in [3.8, 4) is 11.4 Å². The molecule has 0 bridgehead atoms. The van der Waals surface area contributed by atoms with E-state index in [1.165, 1.54) is 17.3 Å². The number of hydrogen-bond acceptors (Lipinski definition) is 6. The van der Waals surface area contributed by atoms with Gasteiger partial charge in [-0.3, -0.25) is 0 Å². The minimum atomic E-state index is -0.616. The molecule has 1 heterocycles. The summed E-state index contributed by atoms with van der Waals surface area (Å²) in [6, 6.07) is 15.6. The molecule has 0 saturated heterocycles. The van der Waals surface area contributed by atoms with Crippen LogP contribution in [0.5, 0.6) is 5.75 Å². The SMILES string of the molecule is Cc1ccc(-n2nnnc2SC[C@H](O)COc2ccccc2)c(C)c1. The molecule has 0 amide bonds. The number of ether oxygens (including phenoxy) is 1. The molecular formula is C18H20N4O2S. The fourth-order valence-electron chi connectivity index (χ4n) is 2.39. The quantitative estimate of drug-likeness (QED) is 0.656. The maximum Gasteiger partial charge on any atom is 0.214 e. The summed E-state index contributed by atoms with van der Waals surface area (Å²) in [6.07, 6.45) is -0.616. The first-order valence-corrected chi connectivity index (χ1v) is 8.97. The zero-order valence-corrected chi connectivity index (χ0v) is 15.0. The van der Waals surface area contributed by atoms with Crippen LogP contribution in [0.4, 0.5) is 0 Å². The highest BCUT2D eigenvalue weighted by Crippen LogP contribution is 2.22. The van der Waals surface area contributed by atoms with Crippen LogP contribution >= 0.6 is 11.8 Å². The van der Waals surface area contributed by atoms with Crippen molar-refractivity contribution in [2.75, 3.05) is 12.4 Å². The number of aryl methyl sites for hydroxylation is 2. The van der Waals surface area contributed by atoms with Gasteiger partial charge in [-0.2, -0.15) is 4.68 Å². The normalized spacial score (nSPS) is 12.1. The van der Waals surface area contributed by atoms with Crippen LogP contribution in [0.2, 0.25) is 0 Å². The summed E-state index contributed by atoms with van der Waals surface area (Å²) >= 11 is 1.40. The molecule has 0 fully saturated rings. The number of benzene rings is 2. The molecule has 3 aromatic rings. The predicted molar refractivity (Wildman–Crippen MR) is 97.3 cm³/mol. The lowest BCUT2D eigenvalue weighted by molar-refractivity contribution is 0.126. The van der Waals surface area contributed by atoms with Crippen LogP contribution < -0.4 is 4.74 Å². The van der Waals surface area contributed by atoms with Crippen molar-refractivity contribution >= 4 is 11.8 Å². The molecule has 130 valence electrons. The molecule has 0 aliphatic heterocycles. The van der Waals surface area contributed by atoms with Crippen molar-refractivity contribution < 1.29 is 9.84 Å². The lowest BCUT2D eigenvalue weighted by Gasteiger charge is -2.12. The number of tetrazole rings is 1. The van der Waals surface area contributed by atoms with Crippen molar-refractivity contribution in [1.82, 2.24) is 20.2 Å². The number of aromatic nitrogens is 4. The predicted octanol–water partition coefficient (Wildman–Crippen LogP) is 2.81. The Morgan fingerprint density at radius 1 is 1.16 bits per heavy atom. The van der Waals surface area contributed by atoms with E-state index in [4.69, 9.17) is 4.74 Å². The number of hydrogen-bond donors (Lipinski definition) is 1. The van der Waals surface area contributed by atoms with Crippen LogP contribution in [0, 0.1) is 13.8 Å². The summed E-state index contributed by atoms with van der Waals surface area (Å²) in [4.78, 5) is 0. The third kappa shape index (κ3) is 4.58. The van der Waals surface area contributed by atoms with Gasteiger partial charge in [0.2, 0.25) is 5.16 Å². The van der Waals surface area contributed by atoms with E-state index < -0.39 is 6.10 Å². The van der Waals surface area contributed by atoms with E-state index in [0.29, 0.717) is 10.9 Å². The monoisotopic (exact) mass is 356 g/mol. The fourth-order valence-corrected chi connectivity index (χ4v) is 3.18. The van der Waals surface area contributed by atoms with Crippen molar-refractivity contribution in [3.63, 3.8) is 0 Å². The second-order valence-corrected chi connectivity index (χ2v) is 6.74. The van der Waals surface area contributed by atoms with E-state index in [9.17, 15) is 5.11 Å². The van der Waals surface area contributed by atoms with E-state index in [0.717, 1.165) is 17.0 Å². The van der Waals surface area contributed by atoms with Gasteiger partial charge in [0.25, 0.3) is 0 Å². The van der Waals surface area contributed by atoms with Crippen LogP contribution in [0.1, 0.15) is 11.1 Å². The Morgan fingerprint density at radius 3 is 2.72 bits per heavy atom. The Labute approximate surface area is 150 Å². The van der Waals surface area contributed by atoms with Gasteiger partial charge in [-0.05, 0) is 48.0 Å². The molecule has 2 aromatic carbocycles. The summed E-state index contributed by atoms with van der Waals surface area (Å²) in [5.74, 6) is 1.18. The van der Waals surface area contributed by atoms with Gasteiger partial charge in [-0.15, -0.1) is 5.10 Å². The van der Waals surface area contributed by atoms with E-state index in [2.05, 4.69) is 28.5 Å². The molecule has 0 spiro atoms. The number of thioether (sulfide) groups is 1. The molecule has 1 N–H and O–H groups in total. The van der Waals surface area contributed by atoms with Gasteiger partial charge in [0, 0.05) is 5.75 Å². The topological polar surface area (TPSA) is 73.1 Å². The molecule has 6 nitrogen and oxygen atoms in total. The number of aliphatic hydroxyl groups is 1. The first-order chi connectivity index (χ1) is 12.1.